The molecule has 0 spiro atoms. The van der Waals surface area contributed by atoms with E-state index in [1.54, 1.807) is 24.0 Å². The van der Waals surface area contributed by atoms with E-state index >= 15 is 0 Å². The average Bonchev–Trinajstić information content (AvgIpc) is 2.98. The lowest BCUT2D eigenvalue weighted by atomic mass is 9.86. The minimum Gasteiger partial charge on any atom is -0.495 e. The number of carbonyl (C=O) groups is 1. The first kappa shape index (κ1) is 14.8. The molecule has 1 aliphatic rings. The zero-order chi connectivity index (χ0) is 15.5. The number of rotatable bonds is 4. The SMILES string of the molecule is COc1ccc2c(C(=O)NC3CCC(CN)CC3)cnn2c1. The molecule has 1 aliphatic carbocycles. The van der Waals surface area contributed by atoms with Crippen LogP contribution in [-0.2, 0) is 0 Å². The first-order chi connectivity index (χ1) is 10.7. The lowest BCUT2D eigenvalue weighted by Gasteiger charge is -2.28. The molecule has 0 radical (unpaired) electrons. The molecule has 22 heavy (non-hydrogen) atoms. The topological polar surface area (TPSA) is 81.6 Å². The fourth-order valence-electron chi connectivity index (χ4n) is 3.07. The molecule has 0 saturated heterocycles. The summed E-state index contributed by atoms with van der Waals surface area (Å²) >= 11 is 0. The summed E-state index contributed by atoms with van der Waals surface area (Å²) in [5.41, 5.74) is 7.09. The van der Waals surface area contributed by atoms with Crippen molar-refractivity contribution < 1.29 is 9.53 Å². The van der Waals surface area contributed by atoms with Crippen LogP contribution >= 0.6 is 0 Å². The van der Waals surface area contributed by atoms with Crippen LogP contribution in [0.4, 0.5) is 0 Å². The van der Waals surface area contributed by atoms with E-state index in [0.717, 1.165) is 37.7 Å². The Bertz CT molecular complexity index is 659. The number of hydrogen-bond acceptors (Lipinski definition) is 4. The second-order valence-corrected chi connectivity index (χ2v) is 5.88. The first-order valence-corrected chi connectivity index (χ1v) is 7.73. The predicted octanol–water partition coefficient (Wildman–Crippen LogP) is 1.59. The van der Waals surface area contributed by atoms with Gasteiger partial charge in [-0.1, -0.05) is 0 Å². The second kappa shape index (κ2) is 6.36. The van der Waals surface area contributed by atoms with E-state index in [9.17, 15) is 4.79 Å². The van der Waals surface area contributed by atoms with E-state index in [-0.39, 0.29) is 11.9 Å². The maximum atomic E-state index is 12.5. The number of ether oxygens (including phenoxy) is 1. The quantitative estimate of drug-likeness (QED) is 0.898. The van der Waals surface area contributed by atoms with Gasteiger partial charge in [0, 0.05) is 6.04 Å². The van der Waals surface area contributed by atoms with Crippen LogP contribution in [0.15, 0.2) is 24.5 Å². The Balaban J connectivity index is 1.70. The van der Waals surface area contributed by atoms with Crippen LogP contribution in [0, 0.1) is 5.92 Å². The van der Waals surface area contributed by atoms with E-state index in [1.165, 1.54) is 0 Å². The standard InChI is InChI=1S/C16H22N4O2/c1-22-13-6-7-15-14(9-18-20(15)10-13)16(21)19-12-4-2-11(8-17)3-5-12/h6-7,9-12H,2-5,8,17H2,1H3,(H,19,21). The highest BCUT2D eigenvalue weighted by molar-refractivity contribution is 6.00. The van der Waals surface area contributed by atoms with Crippen LogP contribution in [-0.4, -0.2) is 35.2 Å². The van der Waals surface area contributed by atoms with Gasteiger partial charge in [-0.05, 0) is 50.3 Å². The fourth-order valence-corrected chi connectivity index (χ4v) is 3.07. The Labute approximate surface area is 129 Å². The molecule has 2 aromatic heterocycles. The third-order valence-corrected chi connectivity index (χ3v) is 4.48. The van der Waals surface area contributed by atoms with Crippen molar-refractivity contribution in [3.05, 3.63) is 30.1 Å². The van der Waals surface area contributed by atoms with Gasteiger partial charge in [-0.15, -0.1) is 0 Å². The number of carbonyl (C=O) groups excluding carboxylic acids is 1. The molecule has 6 heteroatoms. The number of methoxy groups -OCH3 is 1. The molecule has 3 N–H and O–H groups in total. The molecule has 0 bridgehead atoms. The Morgan fingerprint density at radius 3 is 2.86 bits per heavy atom. The van der Waals surface area contributed by atoms with E-state index in [0.29, 0.717) is 17.2 Å². The number of aromatic nitrogens is 2. The van der Waals surface area contributed by atoms with Crippen molar-refractivity contribution in [1.82, 2.24) is 14.9 Å². The van der Waals surface area contributed by atoms with Crippen molar-refractivity contribution >= 4 is 11.4 Å². The third kappa shape index (κ3) is 2.92. The molecular formula is C16H22N4O2. The van der Waals surface area contributed by atoms with E-state index in [2.05, 4.69) is 10.4 Å². The van der Waals surface area contributed by atoms with Gasteiger partial charge in [-0.2, -0.15) is 5.10 Å². The zero-order valence-corrected chi connectivity index (χ0v) is 12.8. The minimum absolute atomic E-state index is 0.0589. The van der Waals surface area contributed by atoms with Gasteiger partial charge < -0.3 is 15.8 Å². The molecule has 118 valence electrons. The Morgan fingerprint density at radius 2 is 2.18 bits per heavy atom. The number of nitrogens with two attached hydrogens (primary N) is 1. The van der Waals surface area contributed by atoms with Crippen molar-refractivity contribution in [2.24, 2.45) is 11.7 Å². The van der Waals surface area contributed by atoms with Crippen molar-refractivity contribution in [2.75, 3.05) is 13.7 Å². The number of nitrogens with zero attached hydrogens (tertiary/aromatic N) is 2. The highest BCUT2D eigenvalue weighted by Gasteiger charge is 2.23. The summed E-state index contributed by atoms with van der Waals surface area (Å²) in [5.74, 6) is 1.26. The maximum Gasteiger partial charge on any atom is 0.255 e. The molecule has 0 unspecified atom stereocenters. The summed E-state index contributed by atoms with van der Waals surface area (Å²) in [6.45, 7) is 0.747. The Hall–Kier alpha value is -2.08. The Kier molecular flexibility index (Phi) is 4.29. The van der Waals surface area contributed by atoms with Crippen LogP contribution in [0.5, 0.6) is 5.75 Å². The van der Waals surface area contributed by atoms with Gasteiger partial charge in [0.1, 0.15) is 5.75 Å². The average molecular weight is 302 g/mol. The fraction of sp³-hybridized carbons (Fsp3) is 0.500. The van der Waals surface area contributed by atoms with Crippen molar-refractivity contribution in [3.63, 3.8) is 0 Å². The van der Waals surface area contributed by atoms with Crippen molar-refractivity contribution in [2.45, 2.75) is 31.7 Å². The van der Waals surface area contributed by atoms with Crippen molar-refractivity contribution in [3.8, 4) is 5.75 Å². The summed E-state index contributed by atoms with van der Waals surface area (Å²) in [7, 11) is 1.61. The number of nitrogens with one attached hydrogen (secondary N) is 1. The zero-order valence-electron chi connectivity index (χ0n) is 12.8. The van der Waals surface area contributed by atoms with Gasteiger partial charge in [0.05, 0.1) is 30.6 Å². The van der Waals surface area contributed by atoms with Crippen LogP contribution in [0.25, 0.3) is 5.52 Å². The number of pyridine rings is 1. The van der Waals surface area contributed by atoms with Gasteiger partial charge in [-0.25, -0.2) is 4.52 Å². The van der Waals surface area contributed by atoms with Crippen LogP contribution < -0.4 is 15.8 Å². The van der Waals surface area contributed by atoms with Gasteiger partial charge in [0.25, 0.3) is 5.91 Å². The van der Waals surface area contributed by atoms with Crippen LogP contribution in [0.1, 0.15) is 36.0 Å². The molecule has 0 aliphatic heterocycles. The predicted molar refractivity (Wildman–Crippen MR) is 84.0 cm³/mol. The summed E-state index contributed by atoms with van der Waals surface area (Å²) in [5, 5.41) is 7.35. The normalized spacial score (nSPS) is 21.7. The molecule has 0 aromatic carbocycles. The summed E-state index contributed by atoms with van der Waals surface area (Å²) < 4.78 is 6.83. The molecule has 3 rings (SSSR count). The smallest absolute Gasteiger partial charge is 0.255 e. The molecule has 1 fully saturated rings. The molecule has 1 saturated carbocycles. The van der Waals surface area contributed by atoms with Crippen LogP contribution in [0.2, 0.25) is 0 Å². The molecule has 6 nitrogen and oxygen atoms in total. The molecule has 1 amide bonds. The van der Waals surface area contributed by atoms with Crippen molar-refractivity contribution in [1.29, 1.82) is 0 Å². The maximum absolute atomic E-state index is 12.5. The van der Waals surface area contributed by atoms with Gasteiger partial charge in [0.15, 0.2) is 0 Å². The van der Waals surface area contributed by atoms with Gasteiger partial charge in [0.2, 0.25) is 0 Å². The summed E-state index contributed by atoms with van der Waals surface area (Å²) in [4.78, 5) is 12.5. The Morgan fingerprint density at radius 1 is 1.41 bits per heavy atom. The van der Waals surface area contributed by atoms with Crippen LogP contribution in [0.3, 0.4) is 0 Å². The molecule has 2 heterocycles. The van der Waals surface area contributed by atoms with E-state index < -0.39 is 0 Å². The number of amides is 1. The molecular weight excluding hydrogens is 280 g/mol. The van der Waals surface area contributed by atoms with E-state index in [4.69, 9.17) is 10.5 Å². The van der Waals surface area contributed by atoms with E-state index in [1.807, 2.05) is 12.1 Å². The number of fused-ring (bicyclic) bond motifs is 1. The highest BCUT2D eigenvalue weighted by atomic mass is 16.5. The monoisotopic (exact) mass is 302 g/mol. The third-order valence-electron chi connectivity index (χ3n) is 4.48. The lowest BCUT2D eigenvalue weighted by molar-refractivity contribution is 0.0924. The summed E-state index contributed by atoms with van der Waals surface area (Å²) in [6, 6.07) is 3.93. The van der Waals surface area contributed by atoms with Gasteiger partial charge in [-0.3, -0.25) is 4.79 Å². The lowest BCUT2D eigenvalue weighted by Crippen LogP contribution is -2.38. The number of hydrogen-bond donors (Lipinski definition) is 2. The largest absolute Gasteiger partial charge is 0.495 e. The highest BCUT2D eigenvalue weighted by Crippen LogP contribution is 2.24. The molecule has 0 atom stereocenters. The first-order valence-electron chi connectivity index (χ1n) is 7.73. The molecule has 2 aromatic rings. The minimum atomic E-state index is -0.0589. The summed E-state index contributed by atoms with van der Waals surface area (Å²) in [6.07, 6.45) is 7.55. The second-order valence-electron chi connectivity index (χ2n) is 5.88. The van der Waals surface area contributed by atoms with Gasteiger partial charge >= 0.3 is 0 Å².